The number of methoxy groups -OCH3 is 1. The Morgan fingerprint density at radius 2 is 1.84 bits per heavy atom. The van der Waals surface area contributed by atoms with Gasteiger partial charge >= 0.3 is 5.97 Å². The van der Waals surface area contributed by atoms with Gasteiger partial charge in [0.1, 0.15) is 5.82 Å². The highest BCUT2D eigenvalue weighted by Gasteiger charge is 2.22. The predicted octanol–water partition coefficient (Wildman–Crippen LogP) is 2.15. The summed E-state index contributed by atoms with van der Waals surface area (Å²) in [5.74, 6) is 0.619. The van der Waals surface area contributed by atoms with E-state index in [4.69, 9.17) is 4.98 Å². The van der Waals surface area contributed by atoms with Crippen LogP contribution in [0.4, 0.5) is 5.82 Å². The first-order valence-electron chi connectivity index (χ1n) is 8.54. The van der Waals surface area contributed by atoms with Crippen molar-refractivity contribution in [1.82, 2.24) is 9.88 Å². The molecule has 0 atom stereocenters. The first-order chi connectivity index (χ1) is 12.1. The number of pyridine rings is 1. The summed E-state index contributed by atoms with van der Waals surface area (Å²) in [6.45, 7) is 4.88. The molecule has 1 fully saturated rings. The molecule has 2 aromatic rings. The van der Waals surface area contributed by atoms with E-state index in [0.717, 1.165) is 24.4 Å². The minimum atomic E-state index is -0.345. The fourth-order valence-corrected chi connectivity index (χ4v) is 3.15. The second kappa shape index (κ2) is 7.51. The summed E-state index contributed by atoms with van der Waals surface area (Å²) >= 11 is 0. The van der Waals surface area contributed by atoms with Crippen molar-refractivity contribution >= 4 is 28.6 Å². The summed E-state index contributed by atoms with van der Waals surface area (Å²) in [6, 6.07) is 10.2. The lowest BCUT2D eigenvalue weighted by Crippen LogP contribution is -2.49. The third-order valence-corrected chi connectivity index (χ3v) is 4.64. The summed E-state index contributed by atoms with van der Waals surface area (Å²) in [6.07, 6.45) is 0.348. The van der Waals surface area contributed by atoms with E-state index >= 15 is 0 Å². The lowest BCUT2D eigenvalue weighted by molar-refractivity contribution is -0.143. The quantitative estimate of drug-likeness (QED) is 0.798. The van der Waals surface area contributed by atoms with Crippen molar-refractivity contribution < 1.29 is 14.3 Å². The van der Waals surface area contributed by atoms with Gasteiger partial charge in [-0.3, -0.25) is 9.59 Å². The van der Waals surface area contributed by atoms with Crippen molar-refractivity contribution in [2.24, 2.45) is 0 Å². The van der Waals surface area contributed by atoms with Gasteiger partial charge in [0.25, 0.3) is 0 Å². The van der Waals surface area contributed by atoms with E-state index in [-0.39, 0.29) is 24.7 Å². The highest BCUT2D eigenvalue weighted by molar-refractivity contribution is 5.84. The zero-order chi connectivity index (χ0) is 17.8. The summed E-state index contributed by atoms with van der Waals surface area (Å²) < 4.78 is 4.58. The van der Waals surface area contributed by atoms with Crippen molar-refractivity contribution in [1.29, 1.82) is 0 Å². The van der Waals surface area contributed by atoms with Crippen molar-refractivity contribution in [3.8, 4) is 0 Å². The number of amides is 1. The van der Waals surface area contributed by atoms with E-state index < -0.39 is 0 Å². The number of hydrogen-bond donors (Lipinski definition) is 0. The molecule has 0 aliphatic carbocycles. The molecule has 0 saturated carbocycles. The Bertz CT molecular complexity index is 783. The van der Waals surface area contributed by atoms with Gasteiger partial charge in [-0.05, 0) is 24.6 Å². The molecule has 132 valence electrons. The molecule has 1 saturated heterocycles. The van der Waals surface area contributed by atoms with E-state index in [1.165, 1.54) is 18.1 Å². The first kappa shape index (κ1) is 17.2. The Morgan fingerprint density at radius 3 is 2.56 bits per heavy atom. The van der Waals surface area contributed by atoms with Gasteiger partial charge in [0.15, 0.2) is 0 Å². The standard InChI is InChI=1S/C19H23N3O3/c1-14-13-17(20-16-6-4-3-5-15(14)16)21-9-11-22(12-10-21)18(23)7-8-19(24)25-2/h3-6,13H,7-12H2,1-2H3. The second-order valence-corrected chi connectivity index (χ2v) is 6.26. The zero-order valence-corrected chi connectivity index (χ0v) is 14.7. The van der Waals surface area contributed by atoms with E-state index in [1.807, 2.05) is 23.1 Å². The average Bonchev–Trinajstić information content (AvgIpc) is 2.66. The van der Waals surface area contributed by atoms with E-state index in [9.17, 15) is 9.59 Å². The maximum Gasteiger partial charge on any atom is 0.306 e. The van der Waals surface area contributed by atoms with Gasteiger partial charge in [-0.25, -0.2) is 4.98 Å². The van der Waals surface area contributed by atoms with Gasteiger partial charge in [0.2, 0.25) is 5.91 Å². The minimum absolute atomic E-state index is 0.00713. The molecule has 3 rings (SSSR count). The molecular formula is C19H23N3O3. The van der Waals surface area contributed by atoms with Gasteiger partial charge in [-0.2, -0.15) is 0 Å². The van der Waals surface area contributed by atoms with Crippen LogP contribution < -0.4 is 4.90 Å². The molecular weight excluding hydrogens is 318 g/mol. The zero-order valence-electron chi connectivity index (χ0n) is 14.7. The van der Waals surface area contributed by atoms with Crippen LogP contribution in [-0.4, -0.2) is 55.0 Å². The number of ether oxygens (including phenoxy) is 1. The molecule has 0 N–H and O–H groups in total. The van der Waals surface area contributed by atoms with Crippen molar-refractivity contribution in [2.75, 3.05) is 38.2 Å². The number of hydrogen-bond acceptors (Lipinski definition) is 5. The van der Waals surface area contributed by atoms with Crippen LogP contribution in [0, 0.1) is 6.92 Å². The number of nitrogens with zero attached hydrogens (tertiary/aromatic N) is 3. The van der Waals surface area contributed by atoms with Crippen LogP contribution in [0.15, 0.2) is 30.3 Å². The fraction of sp³-hybridized carbons (Fsp3) is 0.421. The van der Waals surface area contributed by atoms with Crippen LogP contribution >= 0.6 is 0 Å². The molecule has 2 heterocycles. The summed E-state index contributed by atoms with van der Waals surface area (Å²) in [4.78, 5) is 32.1. The molecule has 6 heteroatoms. The van der Waals surface area contributed by atoms with E-state index in [2.05, 4.69) is 28.7 Å². The summed E-state index contributed by atoms with van der Waals surface area (Å²) in [5, 5.41) is 1.17. The summed E-state index contributed by atoms with van der Waals surface area (Å²) in [7, 11) is 1.34. The van der Waals surface area contributed by atoms with E-state index in [1.54, 1.807) is 0 Å². The van der Waals surface area contributed by atoms with Crippen LogP contribution in [0.3, 0.4) is 0 Å². The van der Waals surface area contributed by atoms with Crippen LogP contribution in [-0.2, 0) is 14.3 Å². The topological polar surface area (TPSA) is 62.7 Å². The molecule has 1 aromatic carbocycles. The number of piperazine rings is 1. The lowest BCUT2D eigenvalue weighted by Gasteiger charge is -2.35. The Balaban J connectivity index is 1.62. The van der Waals surface area contributed by atoms with Gasteiger partial charge in [0, 0.05) is 38.0 Å². The van der Waals surface area contributed by atoms with Crippen LogP contribution in [0.5, 0.6) is 0 Å². The molecule has 6 nitrogen and oxygen atoms in total. The number of carbonyl (C=O) groups excluding carboxylic acids is 2. The van der Waals surface area contributed by atoms with Gasteiger partial charge in [-0.1, -0.05) is 18.2 Å². The molecule has 1 aliphatic rings. The molecule has 1 amide bonds. The Hall–Kier alpha value is -2.63. The van der Waals surface area contributed by atoms with E-state index in [0.29, 0.717) is 13.1 Å². The third kappa shape index (κ3) is 3.90. The fourth-order valence-electron chi connectivity index (χ4n) is 3.15. The number of fused-ring (bicyclic) bond motifs is 1. The Morgan fingerprint density at radius 1 is 1.12 bits per heavy atom. The molecule has 0 spiro atoms. The van der Waals surface area contributed by atoms with Crippen molar-refractivity contribution in [3.05, 3.63) is 35.9 Å². The normalized spacial score (nSPS) is 14.6. The number of carbonyl (C=O) groups is 2. The molecule has 0 radical (unpaired) electrons. The summed E-state index contributed by atoms with van der Waals surface area (Å²) in [5.41, 5.74) is 2.20. The molecule has 0 unspecified atom stereocenters. The predicted molar refractivity (Wildman–Crippen MR) is 96.5 cm³/mol. The molecule has 25 heavy (non-hydrogen) atoms. The lowest BCUT2D eigenvalue weighted by atomic mass is 10.1. The van der Waals surface area contributed by atoms with Crippen molar-refractivity contribution in [3.63, 3.8) is 0 Å². The van der Waals surface area contributed by atoms with Crippen molar-refractivity contribution in [2.45, 2.75) is 19.8 Å². The monoisotopic (exact) mass is 341 g/mol. The minimum Gasteiger partial charge on any atom is -0.469 e. The number of para-hydroxylation sites is 1. The average molecular weight is 341 g/mol. The second-order valence-electron chi connectivity index (χ2n) is 6.26. The smallest absolute Gasteiger partial charge is 0.306 e. The number of aryl methyl sites for hydroxylation is 1. The highest BCUT2D eigenvalue weighted by Crippen LogP contribution is 2.23. The maximum absolute atomic E-state index is 12.2. The van der Waals surface area contributed by atoms with Crippen LogP contribution in [0.2, 0.25) is 0 Å². The van der Waals surface area contributed by atoms with Gasteiger partial charge < -0.3 is 14.5 Å². The Kier molecular flexibility index (Phi) is 5.16. The first-order valence-corrected chi connectivity index (χ1v) is 8.54. The molecule has 1 aromatic heterocycles. The van der Waals surface area contributed by atoms with Gasteiger partial charge in [-0.15, -0.1) is 0 Å². The van der Waals surface area contributed by atoms with Crippen LogP contribution in [0.1, 0.15) is 18.4 Å². The highest BCUT2D eigenvalue weighted by atomic mass is 16.5. The Labute approximate surface area is 147 Å². The number of benzene rings is 1. The number of anilines is 1. The number of esters is 1. The number of rotatable bonds is 4. The van der Waals surface area contributed by atoms with Gasteiger partial charge in [0.05, 0.1) is 19.0 Å². The SMILES string of the molecule is COC(=O)CCC(=O)N1CCN(c2cc(C)c3ccccc3n2)CC1. The maximum atomic E-state index is 12.2. The van der Waals surface area contributed by atoms with Crippen LogP contribution in [0.25, 0.3) is 10.9 Å². The third-order valence-electron chi connectivity index (χ3n) is 4.64. The molecule has 0 bridgehead atoms. The number of aromatic nitrogens is 1. The molecule has 1 aliphatic heterocycles. The largest absolute Gasteiger partial charge is 0.469 e.